The molecule has 7 heteroatoms. The topological polar surface area (TPSA) is 59.8 Å². The van der Waals surface area contributed by atoms with Crippen molar-refractivity contribution in [3.05, 3.63) is 58.4 Å². The molecule has 0 radical (unpaired) electrons. The number of amides is 1. The van der Waals surface area contributed by atoms with Crippen molar-refractivity contribution in [2.24, 2.45) is 0 Å². The minimum Gasteiger partial charge on any atom is -0.310 e. The first-order valence-electron chi connectivity index (χ1n) is 7.57. The van der Waals surface area contributed by atoms with Crippen molar-refractivity contribution in [2.45, 2.75) is 12.3 Å². The number of carbonyl (C=O) groups excluding carboxylic acids is 1. The average molecular weight is 352 g/mol. The van der Waals surface area contributed by atoms with Gasteiger partial charge in [0.15, 0.2) is 0 Å². The summed E-state index contributed by atoms with van der Waals surface area (Å²) in [6.07, 6.45) is 2.31. The van der Waals surface area contributed by atoms with Crippen molar-refractivity contribution in [3.63, 3.8) is 0 Å². The zero-order chi connectivity index (χ0) is 16.1. The number of nitrogens with one attached hydrogen (secondary N) is 1. The van der Waals surface area contributed by atoms with E-state index in [2.05, 4.69) is 21.5 Å². The molecule has 3 aromatic heterocycles. The Labute approximate surface area is 145 Å². The zero-order valence-electron chi connectivity index (χ0n) is 12.5. The number of aromatic nitrogens is 3. The van der Waals surface area contributed by atoms with Crippen molar-refractivity contribution in [1.29, 1.82) is 0 Å². The first-order valence-corrected chi connectivity index (χ1v) is 9.26. The highest BCUT2D eigenvalue weighted by Gasteiger charge is 2.31. The molecule has 1 aromatic carbocycles. The van der Waals surface area contributed by atoms with Crippen LogP contribution < -0.4 is 5.32 Å². The van der Waals surface area contributed by atoms with Crippen molar-refractivity contribution >= 4 is 44.6 Å². The van der Waals surface area contributed by atoms with Crippen LogP contribution in [0.4, 0.5) is 5.82 Å². The number of fused-ring (bicyclic) bond motifs is 2. The normalized spacial score (nSPS) is 17.0. The summed E-state index contributed by atoms with van der Waals surface area (Å²) in [7, 11) is 0. The Morgan fingerprint density at radius 3 is 2.96 bits per heavy atom. The lowest BCUT2D eigenvalue weighted by molar-refractivity contribution is -0.116. The number of nitrogens with zero attached hydrogens (tertiary/aromatic N) is 3. The predicted molar refractivity (Wildman–Crippen MR) is 96.2 cm³/mol. The molecular formula is C17H12N4OS2. The molecule has 0 saturated heterocycles. The van der Waals surface area contributed by atoms with E-state index in [0.717, 1.165) is 26.7 Å². The lowest BCUT2D eigenvalue weighted by atomic mass is 9.93. The molecule has 0 bridgehead atoms. The fourth-order valence-corrected chi connectivity index (χ4v) is 4.84. The molecule has 0 unspecified atom stereocenters. The molecule has 1 N–H and O–H groups in total. The maximum absolute atomic E-state index is 12.2. The van der Waals surface area contributed by atoms with Crippen molar-refractivity contribution in [2.75, 3.05) is 5.32 Å². The van der Waals surface area contributed by atoms with E-state index in [1.54, 1.807) is 27.4 Å². The van der Waals surface area contributed by atoms with E-state index >= 15 is 0 Å². The number of benzene rings is 1. The number of anilines is 1. The van der Waals surface area contributed by atoms with Crippen LogP contribution in [0.25, 0.3) is 15.3 Å². The summed E-state index contributed by atoms with van der Waals surface area (Å²) in [4.78, 5) is 18.1. The van der Waals surface area contributed by atoms with Crippen LogP contribution in [0.3, 0.4) is 0 Å². The summed E-state index contributed by atoms with van der Waals surface area (Å²) in [5.74, 6) is 0.823. The van der Waals surface area contributed by atoms with E-state index in [0.29, 0.717) is 6.42 Å². The van der Waals surface area contributed by atoms with E-state index in [-0.39, 0.29) is 11.8 Å². The third-order valence-electron chi connectivity index (χ3n) is 4.17. The fraction of sp³-hybridized carbons (Fsp3) is 0.118. The number of para-hydroxylation sites is 1. The monoisotopic (exact) mass is 352 g/mol. The Kier molecular flexibility index (Phi) is 3.04. The summed E-state index contributed by atoms with van der Waals surface area (Å²) in [5.41, 5.74) is 2.00. The largest absolute Gasteiger partial charge is 0.310 e. The Morgan fingerprint density at radius 2 is 2.12 bits per heavy atom. The maximum atomic E-state index is 12.2. The van der Waals surface area contributed by atoms with Gasteiger partial charge in [-0.25, -0.2) is 4.98 Å². The number of carbonyl (C=O) groups is 1. The molecule has 0 fully saturated rings. The highest BCUT2D eigenvalue weighted by Crippen LogP contribution is 2.40. The lowest BCUT2D eigenvalue weighted by Crippen LogP contribution is -2.24. The molecule has 1 atom stereocenters. The minimum absolute atomic E-state index is 0.0174. The molecule has 24 heavy (non-hydrogen) atoms. The van der Waals surface area contributed by atoms with E-state index in [1.807, 2.05) is 41.9 Å². The Morgan fingerprint density at radius 1 is 1.21 bits per heavy atom. The first-order chi connectivity index (χ1) is 11.8. The molecule has 0 aliphatic carbocycles. The van der Waals surface area contributed by atoms with Gasteiger partial charge in [0.05, 0.1) is 16.4 Å². The molecule has 1 aliphatic heterocycles. The van der Waals surface area contributed by atoms with Crippen LogP contribution >= 0.6 is 22.7 Å². The third kappa shape index (κ3) is 2.09. The quantitative estimate of drug-likeness (QED) is 0.593. The van der Waals surface area contributed by atoms with Crippen molar-refractivity contribution in [1.82, 2.24) is 14.8 Å². The van der Waals surface area contributed by atoms with Crippen LogP contribution in [-0.2, 0) is 4.79 Å². The zero-order valence-corrected chi connectivity index (χ0v) is 14.1. The van der Waals surface area contributed by atoms with Gasteiger partial charge in [-0.05, 0) is 23.6 Å². The first kappa shape index (κ1) is 13.9. The van der Waals surface area contributed by atoms with Crippen LogP contribution in [0.5, 0.6) is 0 Å². The van der Waals surface area contributed by atoms with Gasteiger partial charge in [0.1, 0.15) is 5.82 Å². The molecule has 118 valence electrons. The molecular weight excluding hydrogens is 340 g/mol. The van der Waals surface area contributed by atoms with Gasteiger partial charge in [0, 0.05) is 22.8 Å². The van der Waals surface area contributed by atoms with Gasteiger partial charge >= 0.3 is 0 Å². The minimum atomic E-state index is 0.0174. The highest BCUT2D eigenvalue weighted by molar-refractivity contribution is 7.20. The second kappa shape index (κ2) is 5.25. The number of rotatable bonds is 2. The molecule has 5 rings (SSSR count). The van der Waals surface area contributed by atoms with Crippen LogP contribution in [0.1, 0.15) is 22.8 Å². The number of hydrogen-bond donors (Lipinski definition) is 1. The summed E-state index contributed by atoms with van der Waals surface area (Å²) < 4.78 is 2.85. The molecule has 4 heterocycles. The van der Waals surface area contributed by atoms with Gasteiger partial charge < -0.3 is 5.32 Å². The van der Waals surface area contributed by atoms with Crippen LogP contribution in [0.15, 0.2) is 48.0 Å². The summed E-state index contributed by atoms with van der Waals surface area (Å²) in [6, 6.07) is 12.1. The molecule has 0 spiro atoms. The average Bonchev–Trinajstić information content (AvgIpc) is 3.32. The third-order valence-corrected chi connectivity index (χ3v) is 6.17. The molecule has 0 saturated carbocycles. The summed E-state index contributed by atoms with van der Waals surface area (Å²) in [6.45, 7) is 0. The lowest BCUT2D eigenvalue weighted by Gasteiger charge is -2.22. The number of thiophene rings is 1. The van der Waals surface area contributed by atoms with Gasteiger partial charge in [-0.2, -0.15) is 9.78 Å². The molecule has 5 nitrogen and oxygen atoms in total. The predicted octanol–water partition coefficient (Wildman–Crippen LogP) is 4.02. The van der Waals surface area contributed by atoms with Gasteiger partial charge in [-0.1, -0.05) is 29.5 Å². The maximum Gasteiger partial charge on any atom is 0.226 e. The van der Waals surface area contributed by atoms with Gasteiger partial charge in [-0.15, -0.1) is 11.3 Å². The Balaban J connectivity index is 1.66. The SMILES string of the molecule is O=C1C[C@@H](c2cccs2)c2cnn(-c3nc4ccccc4s3)c2N1. The van der Waals surface area contributed by atoms with E-state index in [1.165, 1.54) is 4.88 Å². The van der Waals surface area contributed by atoms with E-state index in [9.17, 15) is 4.79 Å². The number of hydrogen-bond acceptors (Lipinski definition) is 5. The molecule has 1 amide bonds. The van der Waals surface area contributed by atoms with E-state index in [4.69, 9.17) is 0 Å². The van der Waals surface area contributed by atoms with Crippen molar-refractivity contribution < 1.29 is 4.79 Å². The van der Waals surface area contributed by atoms with Crippen LogP contribution in [0, 0.1) is 0 Å². The standard InChI is InChI=1S/C17H12N4OS2/c22-15-8-10(13-6-3-7-23-13)11-9-18-21(16(11)20-15)17-19-12-4-1-2-5-14(12)24-17/h1-7,9-10H,8H2,(H,20,22)/t10-/m1/s1. The van der Waals surface area contributed by atoms with Crippen LogP contribution in [-0.4, -0.2) is 20.7 Å². The Hall–Kier alpha value is -2.51. The van der Waals surface area contributed by atoms with E-state index < -0.39 is 0 Å². The fourth-order valence-electron chi connectivity index (χ4n) is 3.06. The smallest absolute Gasteiger partial charge is 0.226 e. The summed E-state index contributed by atoms with van der Waals surface area (Å²) >= 11 is 3.24. The second-order valence-corrected chi connectivity index (χ2v) is 7.63. The second-order valence-electron chi connectivity index (χ2n) is 5.64. The molecule has 1 aliphatic rings. The highest BCUT2D eigenvalue weighted by atomic mass is 32.1. The van der Waals surface area contributed by atoms with Gasteiger partial charge in [0.25, 0.3) is 0 Å². The Bertz CT molecular complexity index is 1010. The number of thiazole rings is 1. The van der Waals surface area contributed by atoms with Crippen LogP contribution in [0.2, 0.25) is 0 Å². The van der Waals surface area contributed by atoms with Gasteiger partial charge in [-0.3, -0.25) is 4.79 Å². The van der Waals surface area contributed by atoms with Crippen molar-refractivity contribution in [3.8, 4) is 5.13 Å². The summed E-state index contributed by atoms with van der Waals surface area (Å²) in [5, 5.41) is 10.3. The van der Waals surface area contributed by atoms with Gasteiger partial charge in [0.2, 0.25) is 11.0 Å². The molecule has 4 aromatic rings.